The molecule has 0 aliphatic carbocycles. The van der Waals surface area contributed by atoms with E-state index in [1.165, 1.54) is 12.1 Å². The minimum absolute atomic E-state index is 0.0264. The van der Waals surface area contributed by atoms with Gasteiger partial charge in [-0.3, -0.25) is 19.7 Å². The number of carbonyl (C=O) groups is 1. The molecule has 1 N–H and O–H groups in total. The van der Waals surface area contributed by atoms with Crippen LogP contribution in [0.2, 0.25) is 0 Å². The van der Waals surface area contributed by atoms with Gasteiger partial charge in [0.15, 0.2) is 0 Å². The second kappa shape index (κ2) is 9.93. The fourth-order valence-electron chi connectivity index (χ4n) is 4.41. The molecule has 1 amide bonds. The average molecular weight is 469 g/mol. The molecule has 0 saturated carbocycles. The predicted molar refractivity (Wildman–Crippen MR) is 123 cm³/mol. The van der Waals surface area contributed by atoms with E-state index in [1.54, 1.807) is 12.4 Å². The number of fused-ring (bicyclic) bond motifs is 1. The van der Waals surface area contributed by atoms with Crippen molar-refractivity contribution in [3.05, 3.63) is 94.6 Å². The van der Waals surface area contributed by atoms with Crippen molar-refractivity contribution in [3.8, 4) is 0 Å². The molecule has 3 aromatic rings. The van der Waals surface area contributed by atoms with Crippen LogP contribution >= 0.6 is 0 Å². The highest BCUT2D eigenvalue weighted by Crippen LogP contribution is 2.39. The van der Waals surface area contributed by atoms with Crippen molar-refractivity contribution in [2.45, 2.75) is 45.6 Å². The van der Waals surface area contributed by atoms with Crippen molar-refractivity contribution in [1.29, 1.82) is 0 Å². The lowest BCUT2D eigenvalue weighted by Crippen LogP contribution is -2.26. The van der Waals surface area contributed by atoms with Crippen molar-refractivity contribution in [2.24, 2.45) is 5.92 Å². The summed E-state index contributed by atoms with van der Waals surface area (Å²) in [6, 6.07) is 12.9. The summed E-state index contributed by atoms with van der Waals surface area (Å²) in [6.07, 6.45) is -0.377. The molecular formula is C26H27F3N4O. The van der Waals surface area contributed by atoms with E-state index < -0.39 is 11.7 Å². The molecule has 3 heterocycles. The van der Waals surface area contributed by atoms with Gasteiger partial charge in [-0.25, -0.2) is 0 Å². The molecule has 1 aliphatic heterocycles. The van der Waals surface area contributed by atoms with Gasteiger partial charge < -0.3 is 5.32 Å². The first-order valence-electron chi connectivity index (χ1n) is 11.3. The summed E-state index contributed by atoms with van der Waals surface area (Å²) in [7, 11) is 0. The Bertz CT molecular complexity index is 1130. The molecule has 0 spiro atoms. The first-order valence-corrected chi connectivity index (χ1v) is 11.3. The summed E-state index contributed by atoms with van der Waals surface area (Å²) in [6.45, 7) is 5.75. The maximum Gasteiger partial charge on any atom is 0.416 e. The number of hydrogen-bond donors (Lipinski definition) is 1. The fraction of sp³-hybridized carbons (Fsp3) is 0.346. The van der Waals surface area contributed by atoms with E-state index in [4.69, 9.17) is 0 Å². The van der Waals surface area contributed by atoms with Gasteiger partial charge in [0.1, 0.15) is 0 Å². The standard InChI is InChI=1S/C26H27F3N4O/c1-17(2)24-23-20(16-33(24)15-18-6-8-21(9-7-18)26(27,28)29)13-19(14-32-23)25(34)31-12-10-22-5-3-4-11-30-22/h3-9,11,13-14,17,24H,10,12,15-16H2,1-2H3,(H,31,34)/t24-/m0/s1. The lowest BCUT2D eigenvalue weighted by Gasteiger charge is -2.27. The van der Waals surface area contributed by atoms with Gasteiger partial charge in [-0.05, 0) is 47.4 Å². The van der Waals surface area contributed by atoms with Crippen LogP contribution < -0.4 is 5.32 Å². The van der Waals surface area contributed by atoms with Gasteiger partial charge in [0.05, 0.1) is 22.9 Å². The zero-order chi connectivity index (χ0) is 24.3. The average Bonchev–Trinajstić information content (AvgIpc) is 3.16. The molecule has 0 unspecified atom stereocenters. The molecule has 0 fully saturated rings. The smallest absolute Gasteiger partial charge is 0.352 e. The normalized spacial score (nSPS) is 16.0. The SMILES string of the molecule is CC(C)[C@H]1c2ncc(C(=O)NCCc3ccccn3)cc2CN1Cc1ccc(C(F)(F)F)cc1. The van der Waals surface area contributed by atoms with E-state index >= 15 is 0 Å². The Morgan fingerprint density at radius 2 is 1.91 bits per heavy atom. The van der Waals surface area contributed by atoms with Gasteiger partial charge in [0.2, 0.25) is 0 Å². The number of nitrogens with zero attached hydrogens (tertiary/aromatic N) is 3. The number of carbonyl (C=O) groups excluding carboxylic acids is 1. The first kappa shape index (κ1) is 23.9. The molecule has 5 nitrogen and oxygen atoms in total. The van der Waals surface area contributed by atoms with Crippen molar-refractivity contribution < 1.29 is 18.0 Å². The van der Waals surface area contributed by atoms with E-state index in [1.807, 2.05) is 24.3 Å². The maximum absolute atomic E-state index is 12.9. The molecule has 1 aliphatic rings. The van der Waals surface area contributed by atoms with E-state index in [9.17, 15) is 18.0 Å². The maximum atomic E-state index is 12.9. The van der Waals surface area contributed by atoms with Gasteiger partial charge in [0.25, 0.3) is 5.91 Å². The summed E-state index contributed by atoms with van der Waals surface area (Å²) in [5.74, 6) is 0.0646. The highest BCUT2D eigenvalue weighted by molar-refractivity contribution is 5.94. The largest absolute Gasteiger partial charge is 0.416 e. The molecule has 1 aromatic carbocycles. The molecule has 0 bridgehead atoms. The highest BCUT2D eigenvalue weighted by Gasteiger charge is 2.35. The minimum Gasteiger partial charge on any atom is -0.352 e. The number of hydrogen-bond acceptors (Lipinski definition) is 4. The van der Waals surface area contributed by atoms with Gasteiger partial charge in [-0.1, -0.05) is 32.0 Å². The van der Waals surface area contributed by atoms with Gasteiger partial charge in [0, 0.05) is 44.1 Å². The Hall–Kier alpha value is -3.26. The summed E-state index contributed by atoms with van der Waals surface area (Å²) in [5.41, 5.74) is 3.46. The molecule has 178 valence electrons. The van der Waals surface area contributed by atoms with Crippen LogP contribution in [-0.2, 0) is 25.7 Å². The van der Waals surface area contributed by atoms with Crippen LogP contribution in [0.15, 0.2) is 60.9 Å². The number of pyridine rings is 2. The van der Waals surface area contributed by atoms with Crippen LogP contribution in [0, 0.1) is 5.92 Å². The summed E-state index contributed by atoms with van der Waals surface area (Å²) < 4.78 is 38.7. The molecular weight excluding hydrogens is 441 g/mol. The Morgan fingerprint density at radius 1 is 1.15 bits per heavy atom. The Morgan fingerprint density at radius 3 is 2.56 bits per heavy atom. The topological polar surface area (TPSA) is 58.1 Å². The monoisotopic (exact) mass is 468 g/mol. The van der Waals surface area contributed by atoms with E-state index in [0.717, 1.165) is 34.6 Å². The third-order valence-corrected chi connectivity index (χ3v) is 6.00. The Labute approximate surface area is 197 Å². The minimum atomic E-state index is -4.35. The van der Waals surface area contributed by atoms with Crippen molar-refractivity contribution in [1.82, 2.24) is 20.2 Å². The number of alkyl halides is 3. The predicted octanol–water partition coefficient (Wildman–Crippen LogP) is 5.18. The van der Waals surface area contributed by atoms with Gasteiger partial charge >= 0.3 is 6.18 Å². The number of rotatable bonds is 7. The van der Waals surface area contributed by atoms with Crippen LogP contribution in [0.1, 0.15) is 58.3 Å². The molecule has 4 rings (SSSR count). The van der Waals surface area contributed by atoms with Crippen LogP contribution in [0.25, 0.3) is 0 Å². The number of nitrogens with one attached hydrogen (secondary N) is 1. The second-order valence-electron chi connectivity index (χ2n) is 8.88. The zero-order valence-corrected chi connectivity index (χ0v) is 19.1. The van der Waals surface area contributed by atoms with Gasteiger partial charge in [-0.15, -0.1) is 0 Å². The van der Waals surface area contributed by atoms with Crippen molar-refractivity contribution in [2.75, 3.05) is 6.54 Å². The molecule has 8 heteroatoms. The second-order valence-corrected chi connectivity index (χ2v) is 8.88. The van der Waals surface area contributed by atoms with E-state index in [0.29, 0.717) is 31.6 Å². The lowest BCUT2D eigenvalue weighted by molar-refractivity contribution is -0.137. The zero-order valence-electron chi connectivity index (χ0n) is 19.1. The quantitative estimate of drug-likeness (QED) is 0.519. The Kier molecular flexibility index (Phi) is 6.97. The van der Waals surface area contributed by atoms with Crippen LogP contribution in [0.5, 0.6) is 0 Å². The third-order valence-electron chi connectivity index (χ3n) is 6.00. The summed E-state index contributed by atoms with van der Waals surface area (Å²) >= 11 is 0. The first-order chi connectivity index (χ1) is 16.2. The number of halogens is 3. The van der Waals surface area contributed by atoms with Gasteiger partial charge in [-0.2, -0.15) is 13.2 Å². The number of amides is 1. The summed E-state index contributed by atoms with van der Waals surface area (Å²) in [4.78, 5) is 23.7. The third kappa shape index (κ3) is 5.44. The fourth-order valence-corrected chi connectivity index (χ4v) is 4.41. The molecule has 2 aromatic heterocycles. The van der Waals surface area contributed by atoms with E-state index in [-0.39, 0.29) is 17.9 Å². The van der Waals surface area contributed by atoms with E-state index in [2.05, 4.69) is 34.0 Å². The lowest BCUT2D eigenvalue weighted by atomic mass is 9.99. The molecule has 0 radical (unpaired) electrons. The van der Waals surface area contributed by atoms with Crippen molar-refractivity contribution in [3.63, 3.8) is 0 Å². The molecule has 34 heavy (non-hydrogen) atoms. The molecule has 0 saturated heterocycles. The van der Waals surface area contributed by atoms with Crippen LogP contribution in [0.4, 0.5) is 13.2 Å². The van der Waals surface area contributed by atoms with Crippen molar-refractivity contribution >= 4 is 5.91 Å². The summed E-state index contributed by atoms with van der Waals surface area (Å²) in [5, 5.41) is 2.92. The molecule has 1 atom stereocenters. The highest BCUT2D eigenvalue weighted by atomic mass is 19.4. The van der Waals surface area contributed by atoms with Crippen LogP contribution in [-0.4, -0.2) is 27.3 Å². The Balaban J connectivity index is 1.44. The number of aromatic nitrogens is 2. The number of benzene rings is 1. The van der Waals surface area contributed by atoms with Crippen LogP contribution in [0.3, 0.4) is 0 Å².